The number of fused-ring (bicyclic) bond motifs is 1. The Bertz CT molecular complexity index is 1090. The molecule has 1 fully saturated rings. The fourth-order valence-corrected chi connectivity index (χ4v) is 4.96. The van der Waals surface area contributed by atoms with Crippen molar-refractivity contribution in [1.29, 1.82) is 0 Å². The number of methoxy groups -OCH3 is 2. The summed E-state index contributed by atoms with van der Waals surface area (Å²) in [7, 11) is 3.32. The summed E-state index contributed by atoms with van der Waals surface area (Å²) in [5, 5.41) is 9.38. The highest BCUT2D eigenvalue weighted by Gasteiger charge is 2.30. The monoisotopic (exact) mass is 501 g/mol. The molecule has 0 bridgehead atoms. The second-order valence-corrected chi connectivity index (χ2v) is 9.98. The number of hydrogen-bond acceptors (Lipinski definition) is 6. The molecule has 32 heavy (non-hydrogen) atoms. The molecule has 172 valence electrons. The molecule has 0 unspecified atom stereocenters. The third-order valence-electron chi connectivity index (χ3n) is 6.21. The highest BCUT2D eigenvalue weighted by molar-refractivity contribution is 9.10. The maximum atomic E-state index is 5.54. The number of ether oxygens (including phenoxy) is 2. The second-order valence-electron chi connectivity index (χ2n) is 9.23. The molecule has 3 heterocycles. The number of hydrogen-bond donors (Lipinski definition) is 1. The molecule has 0 aliphatic carbocycles. The van der Waals surface area contributed by atoms with Crippen LogP contribution >= 0.6 is 15.9 Å². The van der Waals surface area contributed by atoms with Crippen LogP contribution in [0.2, 0.25) is 0 Å². The summed E-state index contributed by atoms with van der Waals surface area (Å²) in [6, 6.07) is 8.23. The molecule has 1 aromatic carbocycles. The van der Waals surface area contributed by atoms with E-state index in [1.54, 1.807) is 14.2 Å². The molecule has 1 aliphatic rings. The lowest BCUT2D eigenvalue weighted by atomic mass is 9.98. The molecule has 1 aliphatic heterocycles. The average Bonchev–Trinajstić information content (AvgIpc) is 3.14. The Hall–Kier alpha value is -2.32. The number of nitrogens with zero attached hydrogens (tertiary/aromatic N) is 4. The zero-order chi connectivity index (χ0) is 22.9. The topological polar surface area (TPSA) is 64.4 Å². The van der Waals surface area contributed by atoms with Gasteiger partial charge < -0.3 is 14.8 Å². The highest BCUT2D eigenvalue weighted by atomic mass is 79.9. The van der Waals surface area contributed by atoms with Gasteiger partial charge in [0.25, 0.3) is 0 Å². The van der Waals surface area contributed by atoms with Crippen LogP contribution in [0.1, 0.15) is 45.2 Å². The molecule has 8 heteroatoms. The largest absolute Gasteiger partial charge is 0.497 e. The third kappa shape index (κ3) is 4.57. The van der Waals surface area contributed by atoms with Crippen LogP contribution in [0.5, 0.6) is 11.5 Å². The molecule has 2 aromatic heterocycles. The maximum Gasteiger partial charge on any atom is 0.139 e. The lowest BCUT2D eigenvalue weighted by molar-refractivity contribution is 0.0797. The van der Waals surface area contributed by atoms with E-state index >= 15 is 0 Å². The van der Waals surface area contributed by atoms with Crippen molar-refractivity contribution in [2.24, 2.45) is 0 Å². The zero-order valence-electron chi connectivity index (χ0n) is 19.5. The Balaban J connectivity index is 1.61. The van der Waals surface area contributed by atoms with Crippen LogP contribution < -0.4 is 14.8 Å². The molecule has 0 amide bonds. The minimum Gasteiger partial charge on any atom is -0.497 e. The SMILES string of the molecule is COc1ccc(CNc2nccc3c2c(Br)nn3[C@@H]2CCCN(C(C)(C)C)C2)c(OC)c1. The van der Waals surface area contributed by atoms with Crippen LogP contribution in [-0.4, -0.2) is 52.5 Å². The Kier molecular flexibility index (Phi) is 6.62. The fraction of sp³-hybridized carbons (Fsp3) is 0.500. The molecular weight excluding hydrogens is 470 g/mol. The fourth-order valence-electron chi connectivity index (χ4n) is 4.40. The first kappa shape index (κ1) is 22.9. The number of aromatic nitrogens is 3. The van der Waals surface area contributed by atoms with Crippen molar-refractivity contribution in [3.63, 3.8) is 0 Å². The molecule has 0 spiro atoms. The summed E-state index contributed by atoms with van der Waals surface area (Å²) in [5.74, 6) is 2.36. The number of pyridine rings is 1. The van der Waals surface area contributed by atoms with Crippen LogP contribution in [0.25, 0.3) is 10.9 Å². The van der Waals surface area contributed by atoms with Crippen molar-refractivity contribution < 1.29 is 9.47 Å². The van der Waals surface area contributed by atoms with E-state index in [-0.39, 0.29) is 5.54 Å². The molecule has 0 saturated carbocycles. The van der Waals surface area contributed by atoms with Crippen LogP contribution in [0.3, 0.4) is 0 Å². The number of likely N-dealkylation sites (tertiary alicyclic amines) is 1. The Morgan fingerprint density at radius 2 is 2.00 bits per heavy atom. The first-order chi connectivity index (χ1) is 15.3. The molecule has 1 atom stereocenters. The standard InChI is InChI=1S/C24H32BrN5O2/c1-24(2,3)29-12-6-7-17(15-29)30-19-10-11-26-23(21(19)22(25)28-30)27-14-16-8-9-18(31-4)13-20(16)32-5/h8-11,13,17H,6-7,12,14-15H2,1-5H3,(H,26,27)/t17-/m1/s1. The third-order valence-corrected chi connectivity index (χ3v) is 6.76. The van der Waals surface area contributed by atoms with E-state index in [1.165, 1.54) is 6.42 Å². The molecule has 1 saturated heterocycles. The van der Waals surface area contributed by atoms with Crippen LogP contribution in [0.15, 0.2) is 35.1 Å². The van der Waals surface area contributed by atoms with E-state index in [0.29, 0.717) is 12.6 Å². The Labute approximate surface area is 198 Å². The smallest absolute Gasteiger partial charge is 0.139 e. The van der Waals surface area contributed by atoms with Gasteiger partial charge in [-0.15, -0.1) is 0 Å². The summed E-state index contributed by atoms with van der Waals surface area (Å²) in [6.07, 6.45) is 4.16. The summed E-state index contributed by atoms with van der Waals surface area (Å²) in [6.45, 7) is 9.57. The molecule has 0 radical (unpaired) electrons. The number of nitrogens with one attached hydrogen (secondary N) is 1. The minimum absolute atomic E-state index is 0.157. The lowest BCUT2D eigenvalue weighted by Crippen LogP contribution is -2.47. The van der Waals surface area contributed by atoms with Gasteiger partial charge in [0, 0.05) is 36.5 Å². The van der Waals surface area contributed by atoms with Crippen molar-refractivity contribution in [2.75, 3.05) is 32.6 Å². The van der Waals surface area contributed by atoms with Crippen LogP contribution in [0.4, 0.5) is 5.82 Å². The number of benzene rings is 1. The average molecular weight is 502 g/mol. The molecule has 1 N–H and O–H groups in total. The Morgan fingerprint density at radius 1 is 1.19 bits per heavy atom. The zero-order valence-corrected chi connectivity index (χ0v) is 21.1. The van der Waals surface area contributed by atoms with E-state index in [9.17, 15) is 0 Å². The first-order valence-electron chi connectivity index (χ1n) is 11.0. The number of piperidine rings is 1. The van der Waals surface area contributed by atoms with Gasteiger partial charge in [-0.2, -0.15) is 5.10 Å². The van der Waals surface area contributed by atoms with Gasteiger partial charge in [0.2, 0.25) is 0 Å². The summed E-state index contributed by atoms with van der Waals surface area (Å²) < 4.78 is 13.8. The van der Waals surface area contributed by atoms with E-state index in [2.05, 4.69) is 62.7 Å². The number of rotatable bonds is 6. The predicted molar refractivity (Wildman–Crippen MR) is 132 cm³/mol. The Morgan fingerprint density at radius 3 is 2.72 bits per heavy atom. The summed E-state index contributed by atoms with van der Waals surface area (Å²) >= 11 is 3.70. The van der Waals surface area contributed by atoms with Gasteiger partial charge in [-0.05, 0) is 74.3 Å². The predicted octanol–water partition coefficient (Wildman–Crippen LogP) is 5.26. The molecular formula is C24H32BrN5O2. The van der Waals surface area contributed by atoms with Gasteiger partial charge >= 0.3 is 0 Å². The van der Waals surface area contributed by atoms with Crippen molar-refractivity contribution in [3.05, 3.63) is 40.6 Å². The van der Waals surface area contributed by atoms with Crippen LogP contribution in [-0.2, 0) is 6.54 Å². The quantitative estimate of drug-likeness (QED) is 0.496. The van der Waals surface area contributed by atoms with Gasteiger partial charge in [-0.3, -0.25) is 9.58 Å². The van der Waals surface area contributed by atoms with Crippen molar-refractivity contribution >= 4 is 32.7 Å². The van der Waals surface area contributed by atoms with E-state index < -0.39 is 0 Å². The second kappa shape index (κ2) is 9.27. The van der Waals surface area contributed by atoms with Gasteiger partial charge in [-0.1, -0.05) is 0 Å². The highest BCUT2D eigenvalue weighted by Crippen LogP contribution is 2.35. The maximum absolute atomic E-state index is 5.54. The van der Waals surface area contributed by atoms with Crippen molar-refractivity contribution in [2.45, 2.75) is 51.7 Å². The van der Waals surface area contributed by atoms with Gasteiger partial charge in [0.15, 0.2) is 0 Å². The lowest BCUT2D eigenvalue weighted by Gasteiger charge is -2.41. The van der Waals surface area contributed by atoms with E-state index in [1.807, 2.05) is 24.4 Å². The first-order valence-corrected chi connectivity index (χ1v) is 11.8. The minimum atomic E-state index is 0.157. The molecule has 3 aromatic rings. The van der Waals surface area contributed by atoms with Gasteiger partial charge in [-0.25, -0.2) is 4.98 Å². The summed E-state index contributed by atoms with van der Waals surface area (Å²) in [4.78, 5) is 7.17. The van der Waals surface area contributed by atoms with Crippen molar-refractivity contribution in [1.82, 2.24) is 19.7 Å². The van der Waals surface area contributed by atoms with E-state index in [4.69, 9.17) is 14.6 Å². The molecule has 7 nitrogen and oxygen atoms in total. The van der Waals surface area contributed by atoms with Crippen LogP contribution in [0, 0.1) is 0 Å². The van der Waals surface area contributed by atoms with E-state index in [0.717, 1.165) is 57.9 Å². The number of halogens is 1. The molecule has 4 rings (SSSR count). The van der Waals surface area contributed by atoms with Gasteiger partial charge in [0.1, 0.15) is 21.9 Å². The normalized spacial score (nSPS) is 17.5. The van der Waals surface area contributed by atoms with Crippen molar-refractivity contribution in [3.8, 4) is 11.5 Å². The van der Waals surface area contributed by atoms with Gasteiger partial charge in [0.05, 0.1) is 31.2 Å². The number of anilines is 1. The summed E-state index contributed by atoms with van der Waals surface area (Å²) in [5.41, 5.74) is 2.28.